The minimum absolute atomic E-state index is 0.111. The Hall–Kier alpha value is -2.04. The van der Waals surface area contributed by atoms with Crippen LogP contribution in [0, 0.1) is 17.8 Å². The molecule has 5 heteroatoms. The van der Waals surface area contributed by atoms with Crippen molar-refractivity contribution in [2.45, 2.75) is 32.6 Å². The second-order valence-electron chi connectivity index (χ2n) is 6.39. The van der Waals surface area contributed by atoms with E-state index < -0.39 is 5.97 Å². The number of amides is 1. The molecule has 2 aliphatic carbocycles. The van der Waals surface area contributed by atoms with Crippen LogP contribution in [0.15, 0.2) is 24.3 Å². The number of hydrogen-bond donors (Lipinski definition) is 1. The third kappa shape index (κ3) is 3.84. The van der Waals surface area contributed by atoms with Crippen LogP contribution in [0.1, 0.15) is 32.6 Å². The molecule has 2 saturated carbocycles. The van der Waals surface area contributed by atoms with Crippen molar-refractivity contribution in [2.75, 3.05) is 18.5 Å². The van der Waals surface area contributed by atoms with Gasteiger partial charge >= 0.3 is 5.97 Å². The van der Waals surface area contributed by atoms with E-state index >= 15 is 0 Å². The highest BCUT2D eigenvalue weighted by Gasteiger charge is 2.42. The lowest BCUT2D eigenvalue weighted by molar-refractivity contribution is -0.145. The molecule has 5 nitrogen and oxygen atoms in total. The number of benzene rings is 1. The highest BCUT2D eigenvalue weighted by atomic mass is 16.6. The molecule has 0 saturated heterocycles. The van der Waals surface area contributed by atoms with E-state index in [1.54, 1.807) is 25.1 Å². The third-order valence-corrected chi connectivity index (χ3v) is 4.84. The monoisotopic (exact) mass is 317 g/mol. The van der Waals surface area contributed by atoms with Gasteiger partial charge in [-0.15, -0.1) is 0 Å². The molecule has 0 aliphatic heterocycles. The molecule has 23 heavy (non-hydrogen) atoms. The zero-order valence-corrected chi connectivity index (χ0v) is 13.4. The fourth-order valence-corrected chi connectivity index (χ4v) is 3.81. The van der Waals surface area contributed by atoms with E-state index in [1.165, 1.54) is 19.3 Å². The normalized spacial score (nSPS) is 25.2. The van der Waals surface area contributed by atoms with Gasteiger partial charge in [-0.3, -0.25) is 4.79 Å². The zero-order chi connectivity index (χ0) is 16.2. The molecule has 0 aromatic heterocycles. The predicted molar refractivity (Wildman–Crippen MR) is 86.1 cm³/mol. The number of fused-ring (bicyclic) bond motifs is 2. The predicted octanol–water partition coefficient (Wildman–Crippen LogP) is 3.00. The van der Waals surface area contributed by atoms with Crippen LogP contribution in [-0.2, 0) is 14.3 Å². The van der Waals surface area contributed by atoms with Crippen LogP contribution in [0.25, 0.3) is 0 Å². The summed E-state index contributed by atoms with van der Waals surface area (Å²) in [7, 11) is 0. The van der Waals surface area contributed by atoms with Crippen molar-refractivity contribution in [3.63, 3.8) is 0 Å². The van der Waals surface area contributed by atoms with Crippen LogP contribution in [0.5, 0.6) is 5.75 Å². The van der Waals surface area contributed by atoms with Gasteiger partial charge in [0.2, 0.25) is 5.91 Å². The molecule has 0 radical (unpaired) electrons. The number of carbonyl (C=O) groups is 2. The summed E-state index contributed by atoms with van der Waals surface area (Å²) in [5, 5.41) is 2.99. The molecule has 2 fully saturated rings. The van der Waals surface area contributed by atoms with E-state index in [0.29, 0.717) is 24.0 Å². The number of rotatable bonds is 6. The molecule has 124 valence electrons. The number of anilines is 1. The van der Waals surface area contributed by atoms with Crippen molar-refractivity contribution in [3.05, 3.63) is 24.3 Å². The van der Waals surface area contributed by atoms with Gasteiger partial charge in [0, 0.05) is 17.7 Å². The summed E-state index contributed by atoms with van der Waals surface area (Å²) in [6, 6.07) is 7.13. The molecule has 1 aromatic carbocycles. The molecule has 1 N–H and O–H groups in total. The Morgan fingerprint density at radius 2 is 2.13 bits per heavy atom. The topological polar surface area (TPSA) is 64.6 Å². The molecule has 3 atom stereocenters. The van der Waals surface area contributed by atoms with Gasteiger partial charge in [-0.05, 0) is 50.2 Å². The maximum Gasteiger partial charge on any atom is 0.344 e. The Morgan fingerprint density at radius 1 is 1.26 bits per heavy atom. The minimum Gasteiger partial charge on any atom is -0.482 e. The zero-order valence-electron chi connectivity index (χ0n) is 13.4. The van der Waals surface area contributed by atoms with E-state index in [4.69, 9.17) is 9.47 Å². The van der Waals surface area contributed by atoms with Crippen LogP contribution in [0.4, 0.5) is 5.69 Å². The number of nitrogens with one attached hydrogen (secondary N) is 1. The van der Waals surface area contributed by atoms with E-state index in [0.717, 1.165) is 12.3 Å². The summed E-state index contributed by atoms with van der Waals surface area (Å²) in [5.74, 6) is 1.71. The first-order chi connectivity index (χ1) is 11.2. The maximum atomic E-state index is 12.4. The first kappa shape index (κ1) is 15.8. The summed E-state index contributed by atoms with van der Waals surface area (Å²) in [6.07, 6.45) is 4.70. The van der Waals surface area contributed by atoms with Crippen molar-refractivity contribution in [3.8, 4) is 5.75 Å². The van der Waals surface area contributed by atoms with Crippen LogP contribution in [0.2, 0.25) is 0 Å². The second-order valence-corrected chi connectivity index (χ2v) is 6.39. The summed E-state index contributed by atoms with van der Waals surface area (Å²) < 4.78 is 10.2. The third-order valence-electron chi connectivity index (χ3n) is 4.84. The number of hydrogen-bond acceptors (Lipinski definition) is 4. The van der Waals surface area contributed by atoms with Crippen LogP contribution in [0.3, 0.4) is 0 Å². The smallest absolute Gasteiger partial charge is 0.344 e. The molecular formula is C18H23NO4. The first-order valence-corrected chi connectivity index (χ1v) is 8.35. The molecular weight excluding hydrogens is 294 g/mol. The van der Waals surface area contributed by atoms with Crippen LogP contribution >= 0.6 is 0 Å². The van der Waals surface area contributed by atoms with Crippen molar-refractivity contribution in [1.29, 1.82) is 0 Å². The lowest BCUT2D eigenvalue weighted by Crippen LogP contribution is -2.27. The van der Waals surface area contributed by atoms with E-state index in [9.17, 15) is 9.59 Å². The average molecular weight is 317 g/mol. The maximum absolute atomic E-state index is 12.4. The standard InChI is InChI=1S/C18H23NO4/c1-2-22-17(20)11-23-15-5-3-4-14(10-15)19-18(21)16-9-12-6-7-13(16)8-12/h3-5,10,12-13,16H,2,6-9,11H2,1H3,(H,19,21). The summed E-state index contributed by atoms with van der Waals surface area (Å²) in [6.45, 7) is 1.96. The Bertz CT molecular complexity index is 586. The van der Waals surface area contributed by atoms with Gasteiger partial charge in [-0.2, -0.15) is 0 Å². The van der Waals surface area contributed by atoms with Gasteiger partial charge in [0.05, 0.1) is 6.61 Å². The molecule has 0 heterocycles. The first-order valence-electron chi connectivity index (χ1n) is 8.35. The van der Waals surface area contributed by atoms with Gasteiger partial charge < -0.3 is 14.8 Å². The fraction of sp³-hybridized carbons (Fsp3) is 0.556. The lowest BCUT2D eigenvalue weighted by atomic mass is 9.88. The quantitative estimate of drug-likeness (QED) is 0.819. The van der Waals surface area contributed by atoms with E-state index in [1.807, 2.05) is 6.07 Å². The molecule has 3 unspecified atom stereocenters. The Kier molecular flexibility index (Phi) is 4.84. The molecule has 2 aliphatic rings. The lowest BCUT2D eigenvalue weighted by Gasteiger charge is -2.20. The summed E-state index contributed by atoms with van der Waals surface area (Å²) in [5.41, 5.74) is 0.708. The van der Waals surface area contributed by atoms with Crippen molar-refractivity contribution < 1.29 is 19.1 Å². The Morgan fingerprint density at radius 3 is 2.83 bits per heavy atom. The number of ether oxygens (including phenoxy) is 2. The van der Waals surface area contributed by atoms with Crippen molar-refractivity contribution in [2.24, 2.45) is 17.8 Å². The highest BCUT2D eigenvalue weighted by molar-refractivity contribution is 5.93. The number of carbonyl (C=O) groups excluding carboxylic acids is 2. The number of esters is 1. The van der Waals surface area contributed by atoms with Gasteiger partial charge in [0.25, 0.3) is 0 Å². The molecule has 2 bridgehead atoms. The molecule has 1 aromatic rings. The SMILES string of the molecule is CCOC(=O)COc1cccc(NC(=O)C2CC3CCC2C3)c1. The highest BCUT2D eigenvalue weighted by Crippen LogP contribution is 2.48. The van der Waals surface area contributed by atoms with Crippen LogP contribution < -0.4 is 10.1 Å². The van der Waals surface area contributed by atoms with E-state index in [2.05, 4.69) is 5.32 Å². The molecule has 1 amide bonds. The molecule has 0 spiro atoms. The van der Waals surface area contributed by atoms with Gasteiger partial charge in [0.15, 0.2) is 6.61 Å². The molecule has 3 rings (SSSR count). The van der Waals surface area contributed by atoms with Crippen molar-refractivity contribution >= 4 is 17.6 Å². The van der Waals surface area contributed by atoms with Crippen LogP contribution in [-0.4, -0.2) is 25.1 Å². The van der Waals surface area contributed by atoms with Gasteiger partial charge in [0.1, 0.15) is 5.75 Å². The van der Waals surface area contributed by atoms with Crippen molar-refractivity contribution in [1.82, 2.24) is 0 Å². The Balaban J connectivity index is 1.55. The van der Waals surface area contributed by atoms with Gasteiger partial charge in [-0.25, -0.2) is 4.79 Å². The summed E-state index contributed by atoms with van der Waals surface area (Å²) >= 11 is 0. The summed E-state index contributed by atoms with van der Waals surface area (Å²) in [4.78, 5) is 23.8. The largest absolute Gasteiger partial charge is 0.482 e. The van der Waals surface area contributed by atoms with Gasteiger partial charge in [-0.1, -0.05) is 12.5 Å². The average Bonchev–Trinajstić information content (AvgIpc) is 3.17. The van der Waals surface area contributed by atoms with E-state index in [-0.39, 0.29) is 18.4 Å². The minimum atomic E-state index is -0.399. The second kappa shape index (κ2) is 7.02. The fourth-order valence-electron chi connectivity index (χ4n) is 3.81. The Labute approximate surface area is 136 Å².